The van der Waals surface area contributed by atoms with Crippen LogP contribution in [0.5, 0.6) is 0 Å². The fourth-order valence-corrected chi connectivity index (χ4v) is 5.69. The number of hydrogen-bond acceptors (Lipinski definition) is 5. The van der Waals surface area contributed by atoms with E-state index in [4.69, 9.17) is 16.9 Å². The van der Waals surface area contributed by atoms with E-state index in [0.717, 1.165) is 0 Å². The Morgan fingerprint density at radius 1 is 1.26 bits per heavy atom. The van der Waals surface area contributed by atoms with Crippen LogP contribution in [0, 0.1) is 11.3 Å². The van der Waals surface area contributed by atoms with Crippen LogP contribution in [0.2, 0.25) is 5.02 Å². The molecule has 1 aromatic carbocycles. The maximum Gasteiger partial charge on any atom is 0.454 e. The predicted octanol–water partition coefficient (Wildman–Crippen LogP) is 2.93. The summed E-state index contributed by atoms with van der Waals surface area (Å²) in [6, 6.07) is 5.62. The summed E-state index contributed by atoms with van der Waals surface area (Å²) in [5.41, 5.74) is -1.20. The van der Waals surface area contributed by atoms with Crippen molar-refractivity contribution in [2.75, 3.05) is 13.1 Å². The third-order valence-electron chi connectivity index (χ3n) is 5.39. The van der Waals surface area contributed by atoms with E-state index >= 15 is 0 Å². The zero-order valence-electron chi connectivity index (χ0n) is 15.8. The van der Waals surface area contributed by atoms with Gasteiger partial charge in [-0.3, -0.25) is 9.69 Å². The minimum Gasteiger partial charge on any atom is -0.336 e. The largest absolute Gasteiger partial charge is 0.454 e. The van der Waals surface area contributed by atoms with Crippen LogP contribution < -0.4 is 5.32 Å². The van der Waals surface area contributed by atoms with Gasteiger partial charge in [0.1, 0.15) is 5.54 Å². The lowest BCUT2D eigenvalue weighted by Crippen LogP contribution is -2.53. The molecule has 1 N–H and O–H groups in total. The third-order valence-corrected chi connectivity index (χ3v) is 8.02. The highest BCUT2D eigenvalue weighted by Gasteiger charge is 2.60. The highest BCUT2D eigenvalue weighted by atomic mass is 35.5. The zero-order chi connectivity index (χ0) is 23.2. The highest BCUT2D eigenvalue weighted by molar-refractivity contribution is 7.92. The molecule has 2 fully saturated rings. The molecule has 170 valence electrons. The summed E-state index contributed by atoms with van der Waals surface area (Å²) in [7, 11) is -4.24. The second-order valence-corrected chi connectivity index (χ2v) is 10.3. The van der Waals surface area contributed by atoms with Gasteiger partial charge < -0.3 is 5.32 Å². The van der Waals surface area contributed by atoms with Crippen molar-refractivity contribution in [2.24, 2.45) is 0 Å². The molecule has 0 spiro atoms. The summed E-state index contributed by atoms with van der Waals surface area (Å²) in [6.07, 6.45) is -5.78. The van der Waals surface area contributed by atoms with Crippen molar-refractivity contribution in [1.82, 2.24) is 10.2 Å². The van der Waals surface area contributed by atoms with Crippen LogP contribution in [-0.4, -0.2) is 61.2 Å². The van der Waals surface area contributed by atoms with Crippen LogP contribution in [0.15, 0.2) is 29.2 Å². The molecule has 1 heterocycles. The monoisotopic (exact) mass is 485 g/mol. The van der Waals surface area contributed by atoms with Gasteiger partial charge in [-0.25, -0.2) is 8.42 Å². The van der Waals surface area contributed by atoms with Crippen LogP contribution in [0.25, 0.3) is 0 Å². The maximum absolute atomic E-state index is 13.7. The molecule has 3 rings (SSSR count). The lowest BCUT2D eigenvalue weighted by atomic mass is 10.1. The van der Waals surface area contributed by atoms with Crippen LogP contribution in [-0.2, 0) is 14.6 Å². The SMILES string of the molecule is N#CC1(NC(=O)C2CC(S(=O)(=O)c3ccccc3Cl)CN2CC(F)(F)C(F)(F)F)CC1. The van der Waals surface area contributed by atoms with Gasteiger partial charge >= 0.3 is 12.1 Å². The van der Waals surface area contributed by atoms with Crippen molar-refractivity contribution in [1.29, 1.82) is 5.26 Å². The first kappa shape index (κ1) is 23.7. The third kappa shape index (κ3) is 4.63. The van der Waals surface area contributed by atoms with Crippen LogP contribution in [0.4, 0.5) is 22.0 Å². The van der Waals surface area contributed by atoms with E-state index < -0.39 is 64.2 Å². The Labute approximate surface area is 179 Å². The van der Waals surface area contributed by atoms with Crippen molar-refractivity contribution >= 4 is 27.3 Å². The van der Waals surface area contributed by atoms with Crippen LogP contribution >= 0.6 is 11.6 Å². The van der Waals surface area contributed by atoms with Gasteiger partial charge in [-0.05, 0) is 31.4 Å². The molecule has 2 atom stereocenters. The van der Waals surface area contributed by atoms with Crippen molar-refractivity contribution in [3.05, 3.63) is 29.3 Å². The molecule has 1 aliphatic carbocycles. The molecule has 31 heavy (non-hydrogen) atoms. The normalized spacial score (nSPS) is 23.9. The summed E-state index contributed by atoms with van der Waals surface area (Å²) >= 11 is 5.93. The molecule has 2 unspecified atom stereocenters. The summed E-state index contributed by atoms with van der Waals surface area (Å²) in [5.74, 6) is -6.13. The van der Waals surface area contributed by atoms with Gasteiger partial charge in [0, 0.05) is 6.54 Å². The molecule has 1 aromatic rings. The van der Waals surface area contributed by atoms with Crippen LogP contribution in [0.1, 0.15) is 19.3 Å². The molecule has 0 aromatic heterocycles. The van der Waals surface area contributed by atoms with Gasteiger partial charge in [0.15, 0.2) is 9.84 Å². The standard InChI is InChI=1S/C18H17ClF5N3O3S/c19-12-3-1-2-4-14(12)31(29,30)11-7-13(15(28)26-16(9-25)5-6-16)27(8-11)10-17(20,21)18(22,23)24/h1-4,11,13H,5-8,10H2,(H,26,28). The number of halogens is 6. The second-order valence-electron chi connectivity index (χ2n) is 7.66. The van der Waals surface area contributed by atoms with Gasteiger partial charge in [0.05, 0.1) is 33.8 Å². The summed E-state index contributed by atoms with van der Waals surface area (Å²) < 4.78 is 91.6. The molecule has 1 amide bonds. The van der Waals surface area contributed by atoms with Crippen molar-refractivity contribution < 1.29 is 35.2 Å². The van der Waals surface area contributed by atoms with Gasteiger partial charge in [-0.2, -0.15) is 27.2 Å². The molecule has 1 aliphatic heterocycles. The fourth-order valence-electron chi connectivity index (χ4n) is 3.44. The number of nitrogens with one attached hydrogen (secondary N) is 1. The number of nitrogens with zero attached hydrogens (tertiary/aromatic N) is 2. The fraction of sp³-hybridized carbons (Fsp3) is 0.556. The Kier molecular flexibility index (Phi) is 6.01. The second kappa shape index (κ2) is 7.86. The Morgan fingerprint density at radius 2 is 1.87 bits per heavy atom. The average Bonchev–Trinajstić information content (AvgIpc) is 3.30. The molecule has 2 aliphatic rings. The number of rotatable bonds is 6. The molecule has 0 radical (unpaired) electrons. The van der Waals surface area contributed by atoms with E-state index in [1.807, 2.05) is 6.07 Å². The van der Waals surface area contributed by atoms with Gasteiger partial charge in [0.25, 0.3) is 0 Å². The van der Waals surface area contributed by atoms with E-state index in [1.165, 1.54) is 24.3 Å². The predicted molar refractivity (Wildman–Crippen MR) is 99.1 cm³/mol. The van der Waals surface area contributed by atoms with E-state index in [2.05, 4.69) is 5.32 Å². The Hall–Kier alpha value is -1.97. The first-order valence-corrected chi connectivity index (χ1v) is 11.1. The number of nitriles is 1. The summed E-state index contributed by atoms with van der Waals surface area (Å²) in [4.78, 5) is 12.8. The lowest BCUT2D eigenvalue weighted by molar-refractivity contribution is -0.286. The smallest absolute Gasteiger partial charge is 0.336 e. The molecule has 1 saturated heterocycles. The number of alkyl halides is 5. The van der Waals surface area contributed by atoms with Gasteiger partial charge in [-0.1, -0.05) is 23.7 Å². The quantitative estimate of drug-likeness (QED) is 0.626. The highest BCUT2D eigenvalue weighted by Crippen LogP contribution is 2.40. The number of benzene rings is 1. The number of carbonyl (C=O) groups excluding carboxylic acids is 1. The van der Waals surface area contributed by atoms with Crippen molar-refractivity contribution in [3.63, 3.8) is 0 Å². The van der Waals surface area contributed by atoms with E-state index in [1.54, 1.807) is 0 Å². The Morgan fingerprint density at radius 3 is 2.39 bits per heavy atom. The molecular weight excluding hydrogens is 469 g/mol. The molecule has 6 nitrogen and oxygen atoms in total. The zero-order valence-corrected chi connectivity index (χ0v) is 17.4. The van der Waals surface area contributed by atoms with E-state index in [0.29, 0.717) is 17.7 Å². The first-order valence-electron chi connectivity index (χ1n) is 9.13. The van der Waals surface area contributed by atoms with Gasteiger partial charge in [0.2, 0.25) is 5.91 Å². The van der Waals surface area contributed by atoms with Crippen molar-refractivity contribution in [2.45, 2.75) is 53.1 Å². The minimum absolute atomic E-state index is 0.135. The number of likely N-dealkylation sites (tertiary alicyclic amines) is 1. The first-order chi connectivity index (χ1) is 14.2. The summed E-state index contributed by atoms with van der Waals surface area (Å²) in [6.45, 7) is -2.61. The van der Waals surface area contributed by atoms with Gasteiger partial charge in [-0.15, -0.1) is 0 Å². The molecular formula is C18H17ClF5N3O3S. The Bertz CT molecular complexity index is 1020. The maximum atomic E-state index is 13.7. The van der Waals surface area contributed by atoms with E-state index in [-0.39, 0.29) is 9.92 Å². The van der Waals surface area contributed by atoms with Crippen LogP contribution in [0.3, 0.4) is 0 Å². The Balaban J connectivity index is 1.90. The molecule has 1 saturated carbocycles. The lowest BCUT2D eigenvalue weighted by Gasteiger charge is -2.29. The average molecular weight is 486 g/mol. The number of sulfone groups is 1. The number of hydrogen-bond donors (Lipinski definition) is 1. The molecule has 13 heteroatoms. The number of carbonyl (C=O) groups is 1. The van der Waals surface area contributed by atoms with E-state index in [9.17, 15) is 35.2 Å². The minimum atomic E-state index is -5.88. The topological polar surface area (TPSA) is 90.3 Å². The van der Waals surface area contributed by atoms with Crippen molar-refractivity contribution in [3.8, 4) is 6.07 Å². The summed E-state index contributed by atoms with van der Waals surface area (Å²) in [5, 5.41) is 9.88. The molecule has 0 bridgehead atoms. The number of amides is 1.